The average molecular weight is 284 g/mol. The van der Waals surface area contributed by atoms with Gasteiger partial charge < -0.3 is 14.4 Å². The van der Waals surface area contributed by atoms with Crippen molar-refractivity contribution in [3.8, 4) is 0 Å². The number of aliphatic carboxylic acids is 1. The maximum absolute atomic E-state index is 10.6. The van der Waals surface area contributed by atoms with Gasteiger partial charge in [-0.1, -0.05) is 30.3 Å². The van der Waals surface area contributed by atoms with Crippen LogP contribution in [0.3, 0.4) is 0 Å². The van der Waals surface area contributed by atoms with Gasteiger partial charge in [0.15, 0.2) is 0 Å². The molecule has 0 atom stereocenters. The van der Waals surface area contributed by atoms with E-state index in [0.29, 0.717) is 0 Å². The van der Waals surface area contributed by atoms with Crippen molar-refractivity contribution < 1.29 is 43.9 Å². The molecule has 0 aromatic heterocycles. The van der Waals surface area contributed by atoms with Crippen molar-refractivity contribution in [2.45, 2.75) is 38.6 Å². The van der Waals surface area contributed by atoms with Crippen molar-refractivity contribution in [2.24, 2.45) is 0 Å². The van der Waals surface area contributed by atoms with Crippen LogP contribution in [0.1, 0.15) is 37.7 Å². The van der Waals surface area contributed by atoms with Gasteiger partial charge in [0.1, 0.15) is 6.54 Å². The molecule has 1 aromatic carbocycles. The molecule has 3 nitrogen and oxygen atoms in total. The zero-order valence-corrected chi connectivity index (χ0v) is 14.5. The Bertz CT molecular complexity index is 402. The van der Waals surface area contributed by atoms with Crippen molar-refractivity contribution in [2.75, 3.05) is 19.6 Å². The zero-order chi connectivity index (χ0) is 13.6. The summed E-state index contributed by atoms with van der Waals surface area (Å²) in [6.45, 7) is 4.36. The standard InChI is InChI=1S/C16H23NO2.Na/c18-16(19)10-7-13-17(11-5-2-6-12-17)14-15-8-3-1-4-9-15;/h1,3-4,8-9H,2,5-7,10-14H2;/q;+1. The Morgan fingerprint density at radius 3 is 2.35 bits per heavy atom. The van der Waals surface area contributed by atoms with Gasteiger partial charge in [0.05, 0.1) is 19.6 Å². The van der Waals surface area contributed by atoms with Crippen LogP contribution < -0.4 is 34.7 Å². The van der Waals surface area contributed by atoms with Crippen molar-refractivity contribution >= 4 is 5.97 Å². The second kappa shape index (κ2) is 8.83. The summed E-state index contributed by atoms with van der Waals surface area (Å²) in [5, 5.41) is 10.6. The van der Waals surface area contributed by atoms with E-state index in [1.807, 2.05) is 6.07 Å². The number of likely N-dealkylation sites (tertiary alicyclic amines) is 1. The Hall–Kier alpha value is -0.350. The third-order valence-electron chi connectivity index (χ3n) is 4.14. The molecule has 2 rings (SSSR count). The van der Waals surface area contributed by atoms with Crippen LogP contribution in [0.5, 0.6) is 0 Å². The fourth-order valence-electron chi connectivity index (χ4n) is 3.17. The van der Waals surface area contributed by atoms with Crippen molar-refractivity contribution in [3.05, 3.63) is 35.9 Å². The number of quaternary nitrogens is 1. The first-order valence-electron chi connectivity index (χ1n) is 7.29. The normalized spacial score (nSPS) is 17.2. The number of carbonyl (C=O) groups is 1. The van der Waals surface area contributed by atoms with E-state index in [4.69, 9.17) is 0 Å². The number of nitrogens with zero attached hydrogens (tertiary/aromatic N) is 1. The van der Waals surface area contributed by atoms with Crippen molar-refractivity contribution in [1.82, 2.24) is 0 Å². The fraction of sp³-hybridized carbons (Fsp3) is 0.562. The van der Waals surface area contributed by atoms with Gasteiger partial charge in [0.25, 0.3) is 0 Å². The third-order valence-corrected chi connectivity index (χ3v) is 4.14. The van der Waals surface area contributed by atoms with Gasteiger partial charge in [-0.25, -0.2) is 0 Å². The summed E-state index contributed by atoms with van der Waals surface area (Å²) in [4.78, 5) is 10.6. The monoisotopic (exact) mass is 284 g/mol. The first-order valence-corrected chi connectivity index (χ1v) is 7.29. The summed E-state index contributed by atoms with van der Waals surface area (Å²) < 4.78 is 1.05. The summed E-state index contributed by atoms with van der Waals surface area (Å²) in [6.07, 6.45) is 4.76. The Labute approximate surface area is 143 Å². The van der Waals surface area contributed by atoms with E-state index >= 15 is 0 Å². The van der Waals surface area contributed by atoms with E-state index in [2.05, 4.69) is 24.3 Å². The summed E-state index contributed by atoms with van der Waals surface area (Å²) in [5.41, 5.74) is 1.36. The molecule has 20 heavy (non-hydrogen) atoms. The Kier molecular flexibility index (Phi) is 7.82. The van der Waals surface area contributed by atoms with Crippen LogP contribution in [-0.2, 0) is 11.3 Å². The second-order valence-electron chi connectivity index (χ2n) is 5.69. The van der Waals surface area contributed by atoms with E-state index < -0.39 is 5.97 Å². The molecule has 0 spiro atoms. The van der Waals surface area contributed by atoms with Gasteiger partial charge in [-0.3, -0.25) is 0 Å². The Morgan fingerprint density at radius 2 is 1.75 bits per heavy atom. The van der Waals surface area contributed by atoms with Crippen LogP contribution in [0.15, 0.2) is 30.3 Å². The summed E-state index contributed by atoms with van der Waals surface area (Å²) in [5.74, 6) is -0.921. The van der Waals surface area contributed by atoms with Gasteiger partial charge in [-0.05, 0) is 25.7 Å². The van der Waals surface area contributed by atoms with Crippen LogP contribution >= 0.6 is 0 Å². The number of hydrogen-bond acceptors (Lipinski definition) is 2. The molecule has 1 heterocycles. The van der Waals surface area contributed by atoms with Gasteiger partial charge in [0.2, 0.25) is 0 Å². The molecule has 4 heteroatoms. The minimum Gasteiger partial charge on any atom is -0.550 e. The molecule has 104 valence electrons. The second-order valence-corrected chi connectivity index (χ2v) is 5.69. The number of benzene rings is 1. The quantitative estimate of drug-likeness (QED) is 0.482. The average Bonchev–Trinajstić information content (AvgIpc) is 2.40. The van der Waals surface area contributed by atoms with Crippen molar-refractivity contribution in [1.29, 1.82) is 0 Å². The van der Waals surface area contributed by atoms with Gasteiger partial charge in [-0.15, -0.1) is 0 Å². The van der Waals surface area contributed by atoms with Crippen LogP contribution in [0.2, 0.25) is 0 Å². The molecular weight excluding hydrogens is 261 g/mol. The van der Waals surface area contributed by atoms with E-state index in [0.717, 1.165) is 24.0 Å². The molecule has 0 N–H and O–H groups in total. The molecule has 1 saturated heterocycles. The van der Waals surface area contributed by atoms with E-state index in [1.54, 1.807) is 0 Å². The molecule has 0 radical (unpaired) electrons. The first kappa shape index (κ1) is 17.7. The first-order chi connectivity index (χ1) is 9.20. The number of carbonyl (C=O) groups excluding carboxylic acids is 1. The number of carboxylic acid groups (broad SMARTS) is 1. The molecule has 0 amide bonds. The molecule has 0 saturated carbocycles. The van der Waals surface area contributed by atoms with E-state index in [-0.39, 0.29) is 36.0 Å². The minimum atomic E-state index is -0.921. The number of rotatable bonds is 6. The van der Waals surface area contributed by atoms with Crippen LogP contribution in [0, 0.1) is 0 Å². The molecule has 1 aromatic rings. The molecule has 1 aliphatic rings. The Morgan fingerprint density at radius 1 is 1.10 bits per heavy atom. The number of piperidine rings is 1. The topological polar surface area (TPSA) is 40.1 Å². The summed E-state index contributed by atoms with van der Waals surface area (Å²) >= 11 is 0. The minimum absolute atomic E-state index is 0. The molecule has 0 bridgehead atoms. The Balaban J connectivity index is 0.00000200. The smallest absolute Gasteiger partial charge is 0.550 e. The molecular formula is C16H23NNaO2+. The largest absolute Gasteiger partial charge is 1.00 e. The maximum atomic E-state index is 10.6. The SMILES string of the molecule is O=C([O-])CCC[N+]1(Cc2ccccc2)CCCCC1.[Na+]. The predicted molar refractivity (Wildman–Crippen MR) is 73.1 cm³/mol. The predicted octanol–water partition coefficient (Wildman–Crippen LogP) is -1.28. The van der Waals surface area contributed by atoms with E-state index in [1.165, 1.54) is 37.9 Å². The number of hydrogen-bond donors (Lipinski definition) is 0. The molecule has 0 aliphatic carbocycles. The summed E-state index contributed by atoms with van der Waals surface area (Å²) in [6, 6.07) is 10.6. The molecule has 1 fully saturated rings. The fourth-order valence-corrected chi connectivity index (χ4v) is 3.17. The molecule has 0 unspecified atom stereocenters. The molecule has 1 aliphatic heterocycles. The van der Waals surface area contributed by atoms with E-state index in [9.17, 15) is 9.90 Å². The number of carboxylic acids is 1. The zero-order valence-electron chi connectivity index (χ0n) is 12.5. The van der Waals surface area contributed by atoms with Gasteiger partial charge in [-0.2, -0.15) is 0 Å². The summed E-state index contributed by atoms with van der Waals surface area (Å²) in [7, 11) is 0. The van der Waals surface area contributed by atoms with Gasteiger partial charge in [0, 0.05) is 18.0 Å². The maximum Gasteiger partial charge on any atom is 1.00 e. The van der Waals surface area contributed by atoms with Crippen LogP contribution in [0.25, 0.3) is 0 Å². The third kappa shape index (κ3) is 5.57. The van der Waals surface area contributed by atoms with Crippen molar-refractivity contribution in [3.63, 3.8) is 0 Å². The van der Waals surface area contributed by atoms with Crippen LogP contribution in [0.4, 0.5) is 0 Å². The van der Waals surface area contributed by atoms with Gasteiger partial charge >= 0.3 is 29.6 Å². The van der Waals surface area contributed by atoms with Crippen LogP contribution in [-0.4, -0.2) is 30.1 Å².